The fraction of sp³-hybridized carbons (Fsp3) is 0.562. The maximum Gasteiger partial charge on any atom is 0.222 e. The molecule has 1 aliphatic rings. The number of aryl methyl sites for hydroxylation is 1. The lowest BCUT2D eigenvalue weighted by Gasteiger charge is -2.35. The number of carbonyl (C=O) groups excluding carboxylic acids is 1. The van der Waals surface area contributed by atoms with Gasteiger partial charge in [-0.25, -0.2) is 0 Å². The van der Waals surface area contributed by atoms with Gasteiger partial charge in [0.25, 0.3) is 0 Å². The number of nitrogens with zero attached hydrogens (tertiary/aromatic N) is 1. The standard InChI is InChI=1S/C16H24N2O2/c1-18(14-8-4-5-9-15(14)19)16(20)11-10-12-6-2-3-7-13(12)17/h2-3,6-7,14-15,19H,4-5,8-11,17H2,1H3. The normalized spacial score (nSPS) is 22.5. The third-order valence-corrected chi connectivity index (χ3v) is 4.25. The fourth-order valence-electron chi connectivity index (χ4n) is 2.91. The van der Waals surface area contributed by atoms with E-state index < -0.39 is 0 Å². The van der Waals surface area contributed by atoms with Crippen LogP contribution in [0, 0.1) is 0 Å². The molecule has 0 bridgehead atoms. The third-order valence-electron chi connectivity index (χ3n) is 4.25. The van der Waals surface area contributed by atoms with Crippen molar-refractivity contribution in [1.82, 2.24) is 4.90 Å². The van der Waals surface area contributed by atoms with E-state index >= 15 is 0 Å². The van der Waals surface area contributed by atoms with Gasteiger partial charge in [0.1, 0.15) is 0 Å². The van der Waals surface area contributed by atoms with E-state index in [1.165, 1.54) is 0 Å². The van der Waals surface area contributed by atoms with Crippen molar-refractivity contribution in [2.45, 2.75) is 50.7 Å². The Labute approximate surface area is 120 Å². The van der Waals surface area contributed by atoms with Gasteiger partial charge in [-0.05, 0) is 30.9 Å². The summed E-state index contributed by atoms with van der Waals surface area (Å²) in [5.74, 6) is 0.0826. The molecule has 1 aromatic rings. The summed E-state index contributed by atoms with van der Waals surface area (Å²) >= 11 is 0. The molecule has 2 unspecified atom stereocenters. The van der Waals surface area contributed by atoms with Crippen LogP contribution in [0.4, 0.5) is 5.69 Å². The molecule has 0 aliphatic heterocycles. The number of carbonyl (C=O) groups is 1. The number of amides is 1. The molecule has 110 valence electrons. The number of nitrogen functional groups attached to an aromatic ring is 1. The van der Waals surface area contributed by atoms with Gasteiger partial charge in [-0.2, -0.15) is 0 Å². The number of hydrogen-bond donors (Lipinski definition) is 2. The molecule has 4 heteroatoms. The zero-order valence-electron chi connectivity index (χ0n) is 12.1. The van der Waals surface area contributed by atoms with Gasteiger partial charge in [0.2, 0.25) is 5.91 Å². The second kappa shape index (κ2) is 6.75. The molecule has 0 saturated heterocycles. The molecule has 1 amide bonds. The first-order valence-electron chi connectivity index (χ1n) is 7.36. The van der Waals surface area contributed by atoms with Crippen molar-refractivity contribution in [3.8, 4) is 0 Å². The highest BCUT2D eigenvalue weighted by Gasteiger charge is 2.28. The Hall–Kier alpha value is -1.55. The smallest absolute Gasteiger partial charge is 0.222 e. The molecule has 1 fully saturated rings. The Morgan fingerprint density at radius 1 is 1.35 bits per heavy atom. The first-order chi connectivity index (χ1) is 9.59. The molecule has 3 N–H and O–H groups in total. The summed E-state index contributed by atoms with van der Waals surface area (Å²) < 4.78 is 0. The minimum atomic E-state index is -0.375. The molecule has 4 nitrogen and oxygen atoms in total. The van der Waals surface area contributed by atoms with Crippen LogP contribution in [0.1, 0.15) is 37.7 Å². The van der Waals surface area contributed by atoms with E-state index in [1.54, 1.807) is 11.9 Å². The Bertz CT molecular complexity index is 462. The van der Waals surface area contributed by atoms with Crippen LogP contribution in [0.5, 0.6) is 0 Å². The van der Waals surface area contributed by atoms with E-state index in [0.717, 1.165) is 36.9 Å². The van der Waals surface area contributed by atoms with Gasteiger partial charge in [-0.3, -0.25) is 4.79 Å². The average molecular weight is 276 g/mol. The van der Waals surface area contributed by atoms with Crippen LogP contribution in [0.25, 0.3) is 0 Å². The third kappa shape index (κ3) is 3.51. The van der Waals surface area contributed by atoms with Gasteiger partial charge in [-0.1, -0.05) is 31.0 Å². The average Bonchev–Trinajstić information content (AvgIpc) is 2.46. The van der Waals surface area contributed by atoms with Gasteiger partial charge in [0.15, 0.2) is 0 Å². The summed E-state index contributed by atoms with van der Waals surface area (Å²) in [5, 5.41) is 10.0. The van der Waals surface area contributed by atoms with Gasteiger partial charge >= 0.3 is 0 Å². The predicted molar refractivity (Wildman–Crippen MR) is 80.2 cm³/mol. The summed E-state index contributed by atoms with van der Waals surface area (Å²) in [6, 6.07) is 7.62. The number of benzene rings is 1. The molecule has 2 atom stereocenters. The molecule has 0 aromatic heterocycles. The molecule has 2 rings (SSSR count). The van der Waals surface area contributed by atoms with Crippen LogP contribution in [0.3, 0.4) is 0 Å². The van der Waals surface area contributed by atoms with E-state index in [9.17, 15) is 9.90 Å². The maximum absolute atomic E-state index is 12.2. The molecule has 0 radical (unpaired) electrons. The highest BCUT2D eigenvalue weighted by molar-refractivity contribution is 5.76. The number of nitrogens with two attached hydrogens (primary N) is 1. The van der Waals surface area contributed by atoms with Crippen LogP contribution in [0.2, 0.25) is 0 Å². The van der Waals surface area contributed by atoms with Gasteiger partial charge in [0.05, 0.1) is 12.1 Å². The molecule has 0 heterocycles. The van der Waals surface area contributed by atoms with Crippen LogP contribution in [0.15, 0.2) is 24.3 Å². The van der Waals surface area contributed by atoms with Crippen molar-refractivity contribution < 1.29 is 9.90 Å². The van der Waals surface area contributed by atoms with E-state index in [2.05, 4.69) is 0 Å². The number of anilines is 1. The zero-order chi connectivity index (χ0) is 14.5. The van der Waals surface area contributed by atoms with Crippen LogP contribution in [-0.2, 0) is 11.2 Å². The second-order valence-electron chi connectivity index (χ2n) is 5.62. The van der Waals surface area contributed by atoms with Crippen LogP contribution in [-0.4, -0.2) is 35.1 Å². The van der Waals surface area contributed by atoms with Gasteiger partial charge in [0, 0.05) is 19.2 Å². The summed E-state index contributed by atoms with van der Waals surface area (Å²) in [7, 11) is 1.80. The Morgan fingerprint density at radius 3 is 2.75 bits per heavy atom. The number of para-hydroxylation sites is 1. The summed E-state index contributed by atoms with van der Waals surface area (Å²) in [5.41, 5.74) is 7.63. The first kappa shape index (κ1) is 14.9. The molecular formula is C16H24N2O2. The lowest BCUT2D eigenvalue weighted by atomic mass is 9.91. The van der Waals surface area contributed by atoms with Crippen molar-refractivity contribution in [2.24, 2.45) is 0 Å². The first-order valence-corrected chi connectivity index (χ1v) is 7.36. The largest absolute Gasteiger partial charge is 0.399 e. The van der Waals surface area contributed by atoms with Crippen molar-refractivity contribution in [3.63, 3.8) is 0 Å². The molecule has 20 heavy (non-hydrogen) atoms. The minimum absolute atomic E-state index is 0.0237. The van der Waals surface area contributed by atoms with Crippen molar-refractivity contribution in [1.29, 1.82) is 0 Å². The van der Waals surface area contributed by atoms with Gasteiger partial charge < -0.3 is 15.7 Å². The van der Waals surface area contributed by atoms with Crippen LogP contribution >= 0.6 is 0 Å². The summed E-state index contributed by atoms with van der Waals surface area (Å²) in [4.78, 5) is 14.0. The predicted octanol–water partition coefficient (Wildman–Crippen LogP) is 1.96. The van der Waals surface area contributed by atoms with E-state index in [4.69, 9.17) is 5.73 Å². The SMILES string of the molecule is CN(C(=O)CCc1ccccc1N)C1CCCCC1O. The molecule has 1 saturated carbocycles. The van der Waals surface area contributed by atoms with Crippen LogP contribution < -0.4 is 5.73 Å². The van der Waals surface area contributed by atoms with Crippen molar-refractivity contribution >= 4 is 11.6 Å². The second-order valence-corrected chi connectivity index (χ2v) is 5.62. The number of aliphatic hydroxyl groups is 1. The van der Waals surface area contributed by atoms with E-state index in [-0.39, 0.29) is 18.1 Å². The zero-order valence-corrected chi connectivity index (χ0v) is 12.1. The number of likely N-dealkylation sites (N-methyl/N-ethyl adjacent to an activating group) is 1. The van der Waals surface area contributed by atoms with Crippen molar-refractivity contribution in [2.75, 3.05) is 12.8 Å². The number of rotatable bonds is 4. The maximum atomic E-state index is 12.2. The van der Waals surface area contributed by atoms with E-state index in [1.807, 2.05) is 24.3 Å². The Morgan fingerprint density at radius 2 is 2.05 bits per heavy atom. The molecular weight excluding hydrogens is 252 g/mol. The van der Waals surface area contributed by atoms with E-state index in [0.29, 0.717) is 12.8 Å². The summed E-state index contributed by atoms with van der Waals surface area (Å²) in [6.07, 6.45) is 4.56. The minimum Gasteiger partial charge on any atom is -0.399 e. The lowest BCUT2D eigenvalue weighted by Crippen LogP contribution is -2.46. The fourth-order valence-corrected chi connectivity index (χ4v) is 2.91. The molecule has 1 aromatic carbocycles. The quantitative estimate of drug-likeness (QED) is 0.826. The van der Waals surface area contributed by atoms with Crippen molar-refractivity contribution in [3.05, 3.63) is 29.8 Å². The topological polar surface area (TPSA) is 66.6 Å². The Balaban J connectivity index is 1.89. The number of aliphatic hydroxyl groups excluding tert-OH is 1. The Kier molecular flexibility index (Phi) is 5.01. The summed E-state index contributed by atoms with van der Waals surface area (Å²) in [6.45, 7) is 0. The molecule has 1 aliphatic carbocycles. The number of hydrogen-bond acceptors (Lipinski definition) is 3. The highest BCUT2D eigenvalue weighted by atomic mass is 16.3. The highest BCUT2D eigenvalue weighted by Crippen LogP contribution is 2.23. The molecule has 0 spiro atoms. The van der Waals surface area contributed by atoms with Gasteiger partial charge in [-0.15, -0.1) is 0 Å². The monoisotopic (exact) mass is 276 g/mol. The lowest BCUT2D eigenvalue weighted by molar-refractivity contribution is -0.135.